The monoisotopic (exact) mass is 377 g/mol. The molecule has 0 aliphatic carbocycles. The van der Waals surface area contributed by atoms with Crippen LogP contribution in [0.4, 0.5) is 0 Å². The summed E-state index contributed by atoms with van der Waals surface area (Å²) in [6, 6.07) is 15.2. The molecule has 28 heavy (non-hydrogen) atoms. The Morgan fingerprint density at radius 2 is 1.86 bits per heavy atom. The number of aromatic nitrogens is 2. The van der Waals surface area contributed by atoms with Crippen LogP contribution in [0, 0.1) is 0 Å². The maximum Gasteiger partial charge on any atom is 0.253 e. The maximum absolute atomic E-state index is 12.7. The summed E-state index contributed by atoms with van der Waals surface area (Å²) in [5.74, 6) is 1.39. The highest BCUT2D eigenvalue weighted by Crippen LogP contribution is 2.25. The molecule has 4 rings (SSSR count). The van der Waals surface area contributed by atoms with Crippen LogP contribution in [-0.4, -0.2) is 46.8 Å². The number of amides is 1. The van der Waals surface area contributed by atoms with Gasteiger partial charge in [-0.15, -0.1) is 5.10 Å². The molecule has 6 nitrogen and oxygen atoms in total. The van der Waals surface area contributed by atoms with Crippen LogP contribution in [0.2, 0.25) is 0 Å². The van der Waals surface area contributed by atoms with Crippen molar-refractivity contribution in [2.45, 2.75) is 25.9 Å². The molecule has 1 amide bonds. The number of hydrogen-bond donors (Lipinski definition) is 0. The van der Waals surface area contributed by atoms with Gasteiger partial charge in [0.05, 0.1) is 12.8 Å². The van der Waals surface area contributed by atoms with Crippen molar-refractivity contribution in [3.63, 3.8) is 0 Å². The summed E-state index contributed by atoms with van der Waals surface area (Å²) >= 11 is 0. The van der Waals surface area contributed by atoms with E-state index in [0.29, 0.717) is 31.1 Å². The van der Waals surface area contributed by atoms with E-state index >= 15 is 0 Å². The quantitative estimate of drug-likeness (QED) is 0.678. The zero-order valence-corrected chi connectivity index (χ0v) is 15.9. The van der Waals surface area contributed by atoms with Crippen LogP contribution in [0.25, 0.3) is 10.8 Å². The van der Waals surface area contributed by atoms with E-state index in [-0.39, 0.29) is 12.0 Å². The van der Waals surface area contributed by atoms with Crippen LogP contribution < -0.4 is 9.47 Å². The van der Waals surface area contributed by atoms with Crippen LogP contribution in [-0.2, 0) is 0 Å². The minimum atomic E-state index is 0.0319. The fourth-order valence-electron chi connectivity index (χ4n) is 3.47. The molecule has 0 radical (unpaired) electrons. The number of carbonyl (C=O) groups excluding carboxylic acids is 1. The summed E-state index contributed by atoms with van der Waals surface area (Å²) in [5.41, 5.74) is 0.683. The van der Waals surface area contributed by atoms with Crippen molar-refractivity contribution in [1.29, 1.82) is 0 Å². The molecule has 0 spiro atoms. The normalized spacial score (nSPS) is 14.8. The van der Waals surface area contributed by atoms with Crippen molar-refractivity contribution in [3.8, 4) is 11.6 Å². The molecular weight excluding hydrogens is 354 g/mol. The molecule has 0 N–H and O–H groups in total. The first kappa shape index (κ1) is 18.2. The highest BCUT2D eigenvalue weighted by molar-refractivity contribution is 5.94. The molecule has 6 heteroatoms. The second-order valence-electron chi connectivity index (χ2n) is 6.80. The lowest BCUT2D eigenvalue weighted by Gasteiger charge is -2.32. The molecule has 0 saturated carbocycles. The maximum atomic E-state index is 12.7. The largest absolute Gasteiger partial charge is 0.494 e. The topological polar surface area (TPSA) is 64.5 Å². The number of likely N-dealkylation sites (tertiary alicyclic amines) is 1. The van der Waals surface area contributed by atoms with Crippen LogP contribution in [0.3, 0.4) is 0 Å². The number of carbonyl (C=O) groups is 1. The third-order valence-electron chi connectivity index (χ3n) is 4.96. The number of benzene rings is 2. The standard InChI is InChI=1S/C22H23N3O3/c1-2-27-18-9-7-16(8-10-18)22(26)25-13-11-19(12-14-25)28-21-20-6-4-3-5-17(20)15-23-24-21/h3-10,15,19H,2,11-14H2,1H3. The fourth-order valence-corrected chi connectivity index (χ4v) is 3.47. The number of ether oxygens (including phenoxy) is 2. The lowest BCUT2D eigenvalue weighted by Crippen LogP contribution is -2.41. The molecule has 0 bridgehead atoms. The second-order valence-corrected chi connectivity index (χ2v) is 6.80. The SMILES string of the molecule is CCOc1ccc(C(=O)N2CCC(Oc3nncc4ccccc34)CC2)cc1. The molecule has 1 aliphatic rings. The van der Waals surface area contributed by atoms with Gasteiger partial charge in [0, 0.05) is 42.3 Å². The van der Waals surface area contributed by atoms with E-state index in [2.05, 4.69) is 10.2 Å². The number of fused-ring (bicyclic) bond motifs is 1. The molecule has 1 saturated heterocycles. The van der Waals surface area contributed by atoms with Crippen molar-refractivity contribution in [2.75, 3.05) is 19.7 Å². The van der Waals surface area contributed by atoms with Crippen LogP contribution in [0.5, 0.6) is 11.6 Å². The van der Waals surface area contributed by atoms with Crippen LogP contribution >= 0.6 is 0 Å². The number of rotatable bonds is 5. The zero-order chi connectivity index (χ0) is 19.3. The first-order chi connectivity index (χ1) is 13.7. The molecule has 0 unspecified atom stereocenters. The number of piperidine rings is 1. The Morgan fingerprint density at radius 1 is 1.11 bits per heavy atom. The average Bonchev–Trinajstić information content (AvgIpc) is 2.75. The Morgan fingerprint density at radius 3 is 2.61 bits per heavy atom. The lowest BCUT2D eigenvalue weighted by atomic mass is 10.1. The van der Waals surface area contributed by atoms with Gasteiger partial charge in [-0.25, -0.2) is 0 Å². The van der Waals surface area contributed by atoms with E-state index in [4.69, 9.17) is 9.47 Å². The van der Waals surface area contributed by atoms with Gasteiger partial charge in [0.15, 0.2) is 0 Å². The van der Waals surface area contributed by atoms with Gasteiger partial charge in [-0.2, -0.15) is 5.10 Å². The molecule has 2 aromatic carbocycles. The lowest BCUT2D eigenvalue weighted by molar-refractivity contribution is 0.0589. The van der Waals surface area contributed by atoms with Crippen molar-refractivity contribution in [2.24, 2.45) is 0 Å². The Hall–Kier alpha value is -3.15. The summed E-state index contributed by atoms with van der Waals surface area (Å²) < 4.78 is 11.6. The molecular formula is C22H23N3O3. The molecule has 1 aromatic heterocycles. The summed E-state index contributed by atoms with van der Waals surface area (Å²) in [6.07, 6.45) is 3.31. The van der Waals surface area contributed by atoms with Gasteiger partial charge in [-0.05, 0) is 37.3 Å². The van der Waals surface area contributed by atoms with Gasteiger partial charge < -0.3 is 14.4 Å². The predicted octanol–water partition coefficient (Wildman–Crippen LogP) is 3.71. The third-order valence-corrected chi connectivity index (χ3v) is 4.96. The highest BCUT2D eigenvalue weighted by atomic mass is 16.5. The summed E-state index contributed by atoms with van der Waals surface area (Å²) in [4.78, 5) is 14.6. The van der Waals surface area contributed by atoms with Crippen LogP contribution in [0.1, 0.15) is 30.1 Å². The van der Waals surface area contributed by atoms with E-state index in [0.717, 1.165) is 29.4 Å². The first-order valence-electron chi connectivity index (χ1n) is 9.64. The van der Waals surface area contributed by atoms with Gasteiger partial charge in [0.2, 0.25) is 5.88 Å². The van der Waals surface area contributed by atoms with Gasteiger partial charge in [-0.1, -0.05) is 18.2 Å². The van der Waals surface area contributed by atoms with Crippen molar-refractivity contribution in [3.05, 3.63) is 60.3 Å². The fraction of sp³-hybridized carbons (Fsp3) is 0.318. The first-order valence-corrected chi connectivity index (χ1v) is 9.64. The molecule has 0 atom stereocenters. The number of nitrogens with zero attached hydrogens (tertiary/aromatic N) is 3. The Balaban J connectivity index is 1.37. The van der Waals surface area contributed by atoms with E-state index < -0.39 is 0 Å². The van der Waals surface area contributed by atoms with Gasteiger partial charge in [-0.3, -0.25) is 4.79 Å². The Labute approximate surface area is 164 Å². The number of hydrogen-bond acceptors (Lipinski definition) is 5. The minimum Gasteiger partial charge on any atom is -0.494 e. The van der Waals surface area contributed by atoms with Crippen LogP contribution in [0.15, 0.2) is 54.7 Å². The second kappa shape index (κ2) is 8.25. The molecule has 2 heterocycles. The van der Waals surface area contributed by atoms with E-state index in [9.17, 15) is 4.79 Å². The summed E-state index contributed by atoms with van der Waals surface area (Å²) in [7, 11) is 0. The van der Waals surface area contributed by atoms with Crippen molar-refractivity contribution < 1.29 is 14.3 Å². The van der Waals surface area contributed by atoms with E-state index in [1.165, 1.54) is 0 Å². The van der Waals surface area contributed by atoms with E-state index in [1.807, 2.05) is 60.4 Å². The van der Waals surface area contributed by atoms with E-state index in [1.54, 1.807) is 6.20 Å². The van der Waals surface area contributed by atoms with Gasteiger partial charge >= 0.3 is 0 Å². The van der Waals surface area contributed by atoms with Gasteiger partial charge in [0.1, 0.15) is 11.9 Å². The predicted molar refractivity (Wildman–Crippen MR) is 107 cm³/mol. The summed E-state index contributed by atoms with van der Waals surface area (Å²) in [5, 5.41) is 10.2. The molecule has 3 aromatic rings. The van der Waals surface area contributed by atoms with Crippen molar-refractivity contribution >= 4 is 16.7 Å². The Kier molecular flexibility index (Phi) is 5.37. The smallest absolute Gasteiger partial charge is 0.253 e. The average molecular weight is 377 g/mol. The zero-order valence-electron chi connectivity index (χ0n) is 15.9. The minimum absolute atomic E-state index is 0.0319. The summed E-state index contributed by atoms with van der Waals surface area (Å²) in [6.45, 7) is 3.88. The highest BCUT2D eigenvalue weighted by Gasteiger charge is 2.25. The van der Waals surface area contributed by atoms with Crippen molar-refractivity contribution in [1.82, 2.24) is 15.1 Å². The molecule has 1 aliphatic heterocycles. The molecule has 1 fully saturated rings. The molecule has 144 valence electrons. The van der Waals surface area contributed by atoms with Gasteiger partial charge in [0.25, 0.3) is 5.91 Å². The third kappa shape index (κ3) is 3.91. The Bertz CT molecular complexity index is 945.